The van der Waals surface area contributed by atoms with Crippen LogP contribution in [0.3, 0.4) is 0 Å². The van der Waals surface area contributed by atoms with Crippen LogP contribution in [0.15, 0.2) is 56.0 Å². The predicted octanol–water partition coefficient (Wildman–Crippen LogP) is 3.50. The van der Waals surface area contributed by atoms with Crippen LogP contribution in [-0.2, 0) is 40.9 Å². The van der Waals surface area contributed by atoms with Gasteiger partial charge in [0.15, 0.2) is 0 Å². The Hall–Kier alpha value is -2.34. The van der Waals surface area contributed by atoms with Gasteiger partial charge in [-0.3, -0.25) is 9.11 Å². The maximum atomic E-state index is 14.4. The molecule has 0 bridgehead atoms. The van der Waals surface area contributed by atoms with Gasteiger partial charge in [-0.2, -0.15) is 52.0 Å². The Labute approximate surface area is 213 Å². The summed E-state index contributed by atoms with van der Waals surface area (Å²) in [5.74, 6) is -19.3. The molecule has 220 valence electrons. The van der Waals surface area contributed by atoms with E-state index in [9.17, 15) is 73.4 Å². The molecule has 2 N–H and O–H groups in total. The van der Waals surface area contributed by atoms with Crippen molar-refractivity contribution in [2.24, 2.45) is 0 Å². The van der Waals surface area contributed by atoms with E-state index in [0.717, 1.165) is 0 Å². The molecule has 0 spiro atoms. The molecule has 0 heterocycles. The van der Waals surface area contributed by atoms with Crippen molar-refractivity contribution in [1.29, 1.82) is 0 Å². The fraction of sp³-hybridized carbons (Fsp3) is 0.250. The van der Waals surface area contributed by atoms with E-state index in [1.165, 1.54) is 0 Å². The lowest BCUT2D eigenvalue weighted by Gasteiger charge is -2.35. The molecule has 0 fully saturated rings. The minimum atomic E-state index is -7.73. The van der Waals surface area contributed by atoms with Gasteiger partial charge >= 0.3 is 22.4 Å². The van der Waals surface area contributed by atoms with Crippen molar-refractivity contribution in [2.75, 3.05) is 0 Å². The quantitative estimate of drug-likeness (QED) is 0.233. The Balaban J connectivity index is 2.70. The minimum Gasteiger partial charge on any atom is -0.282 e. The van der Waals surface area contributed by atoms with Crippen LogP contribution in [0.1, 0.15) is 0 Å². The van der Waals surface area contributed by atoms with Crippen molar-refractivity contribution >= 4 is 40.9 Å². The fourth-order valence-corrected chi connectivity index (χ4v) is 6.28. The molecule has 0 saturated carbocycles. The predicted molar refractivity (Wildman–Crippen MR) is 106 cm³/mol. The molecule has 2 rings (SSSR count). The second-order valence-electron chi connectivity index (χ2n) is 7.09. The molecule has 39 heavy (non-hydrogen) atoms. The number of sulfone groups is 1. The first-order valence-electron chi connectivity index (χ1n) is 8.87. The lowest BCUT2D eigenvalue weighted by Crippen LogP contribution is -2.65. The minimum absolute atomic E-state index is 0.146. The van der Waals surface area contributed by atoms with Gasteiger partial charge in [0.2, 0.25) is 9.84 Å². The van der Waals surface area contributed by atoms with Crippen molar-refractivity contribution in [3.63, 3.8) is 0 Å². The molecule has 1 atom stereocenters. The molecular weight excluding hydrogens is 654 g/mol. The zero-order valence-corrected chi connectivity index (χ0v) is 20.9. The van der Waals surface area contributed by atoms with E-state index in [0.29, 0.717) is 0 Å². The lowest BCUT2D eigenvalue weighted by atomic mass is 10.2. The topological polar surface area (TPSA) is 160 Å². The largest absolute Gasteiger partial charge is 0.418 e. The van der Waals surface area contributed by atoms with Crippen molar-refractivity contribution < 1.29 is 82.5 Å². The van der Waals surface area contributed by atoms with Crippen molar-refractivity contribution in [3.8, 4) is 0 Å². The van der Waals surface area contributed by atoms with Crippen molar-refractivity contribution in [3.05, 3.63) is 48.0 Å². The normalized spacial score (nSPS) is 15.3. The van der Waals surface area contributed by atoms with Gasteiger partial charge in [-0.25, -0.2) is 21.4 Å². The maximum Gasteiger partial charge on any atom is 0.418 e. The van der Waals surface area contributed by atoms with Gasteiger partial charge in [0.1, 0.15) is 32.2 Å². The van der Waals surface area contributed by atoms with Crippen LogP contribution < -0.4 is 0 Å². The van der Waals surface area contributed by atoms with Crippen LogP contribution in [-0.4, -0.2) is 60.9 Å². The first-order valence-corrected chi connectivity index (χ1v) is 14.4. The summed E-state index contributed by atoms with van der Waals surface area (Å²) < 4.78 is 240. The highest BCUT2D eigenvalue weighted by atomic mass is 32.2. The van der Waals surface area contributed by atoms with Crippen LogP contribution in [0.5, 0.6) is 0 Å². The molecule has 9 nitrogen and oxygen atoms in total. The maximum absolute atomic E-state index is 14.4. The molecule has 2 aromatic carbocycles. The van der Waals surface area contributed by atoms with Crippen molar-refractivity contribution in [2.45, 2.75) is 41.9 Å². The smallest absolute Gasteiger partial charge is 0.282 e. The third-order valence-corrected chi connectivity index (χ3v) is 9.53. The van der Waals surface area contributed by atoms with Crippen LogP contribution in [0.25, 0.3) is 0 Å². The molecule has 0 aromatic heterocycles. The summed E-state index contributed by atoms with van der Waals surface area (Å²) in [5.41, 5.74) is 0. The third kappa shape index (κ3) is 5.26. The molecule has 0 saturated heterocycles. The first-order chi connectivity index (χ1) is 17.2. The second-order valence-corrected chi connectivity index (χ2v) is 13.4. The molecule has 2 aromatic rings. The first kappa shape index (κ1) is 32.9. The Morgan fingerprint density at radius 1 is 0.641 bits per heavy atom. The Morgan fingerprint density at radius 3 is 1.49 bits per heavy atom. The highest BCUT2D eigenvalue weighted by molar-refractivity contribution is 7.92. The Bertz CT molecular complexity index is 1670. The highest BCUT2D eigenvalue weighted by Gasteiger charge is 2.85. The standard InChI is InChI=1S/C16H8F10O9S4/c17-9-3-1-7(5-11(9)38(30,31)32)36(27)15(23,24)13(19,20)14(21,22)16(25,26)37(28,29)8-2-4-10(18)12(6-8)39(33,34)35/h1-6H,(H,30,31,32)(H,33,34,35). The van der Waals surface area contributed by atoms with Gasteiger partial charge in [0, 0.05) is 4.90 Å². The average molecular weight is 662 g/mol. The molecular formula is C16H8F10O9S4. The monoisotopic (exact) mass is 662 g/mol. The van der Waals surface area contributed by atoms with E-state index in [1.807, 2.05) is 0 Å². The summed E-state index contributed by atoms with van der Waals surface area (Å²) in [4.78, 5) is -8.41. The van der Waals surface area contributed by atoms with E-state index in [1.54, 1.807) is 0 Å². The summed E-state index contributed by atoms with van der Waals surface area (Å²) in [7, 11) is -23.8. The van der Waals surface area contributed by atoms with Crippen LogP contribution in [0, 0.1) is 11.6 Å². The van der Waals surface area contributed by atoms with Crippen LogP contribution in [0.2, 0.25) is 0 Å². The summed E-state index contributed by atoms with van der Waals surface area (Å²) in [6, 6.07) is -2.18. The van der Waals surface area contributed by atoms with E-state index < -0.39 is 107 Å². The van der Waals surface area contributed by atoms with Gasteiger partial charge in [-0.1, -0.05) is 0 Å². The number of rotatable bonds is 9. The zero-order valence-electron chi connectivity index (χ0n) is 17.6. The number of halogens is 10. The SMILES string of the molecule is O=S(c1ccc(F)c(S(=O)(=O)O)c1)C(F)(F)C(F)(F)C(F)(F)C(F)(F)S(=O)(=O)c1ccc(F)c(S(=O)(=O)O)c1. The van der Waals surface area contributed by atoms with Gasteiger partial charge in [0.25, 0.3) is 20.2 Å². The van der Waals surface area contributed by atoms with Gasteiger partial charge in [0.05, 0.1) is 4.90 Å². The highest BCUT2D eigenvalue weighted by Crippen LogP contribution is 2.57. The molecule has 0 aliphatic heterocycles. The summed E-state index contributed by atoms with van der Waals surface area (Å²) in [5, 5.41) is -14.2. The van der Waals surface area contributed by atoms with E-state index >= 15 is 0 Å². The molecule has 0 radical (unpaired) electrons. The van der Waals surface area contributed by atoms with Gasteiger partial charge in [-0.15, -0.1) is 0 Å². The second kappa shape index (κ2) is 9.64. The zero-order chi connectivity index (χ0) is 30.8. The van der Waals surface area contributed by atoms with E-state index in [4.69, 9.17) is 9.11 Å². The summed E-state index contributed by atoms with van der Waals surface area (Å²) in [6.45, 7) is 0. The van der Waals surface area contributed by atoms with Crippen LogP contribution >= 0.6 is 0 Å². The van der Waals surface area contributed by atoms with E-state index in [-0.39, 0.29) is 24.3 Å². The van der Waals surface area contributed by atoms with Gasteiger partial charge < -0.3 is 0 Å². The number of hydrogen-bond acceptors (Lipinski definition) is 7. The number of hydrogen-bond donors (Lipinski definition) is 2. The fourth-order valence-electron chi connectivity index (χ4n) is 2.59. The molecule has 0 aliphatic carbocycles. The summed E-state index contributed by atoms with van der Waals surface area (Å²) >= 11 is 0. The molecule has 0 aliphatic rings. The summed E-state index contributed by atoms with van der Waals surface area (Å²) in [6.07, 6.45) is 0. The number of alkyl halides is 8. The Morgan fingerprint density at radius 2 is 1.05 bits per heavy atom. The van der Waals surface area contributed by atoms with E-state index in [2.05, 4.69) is 0 Å². The molecule has 0 amide bonds. The third-order valence-electron chi connectivity index (χ3n) is 4.58. The van der Waals surface area contributed by atoms with Crippen molar-refractivity contribution in [1.82, 2.24) is 0 Å². The number of benzene rings is 2. The molecule has 1 unspecified atom stereocenters. The Kier molecular flexibility index (Phi) is 8.13. The van der Waals surface area contributed by atoms with Crippen LogP contribution in [0.4, 0.5) is 43.9 Å². The average Bonchev–Trinajstić information content (AvgIpc) is 2.76. The lowest BCUT2D eigenvalue weighted by molar-refractivity contribution is -0.325. The molecule has 23 heteroatoms. The van der Waals surface area contributed by atoms with Gasteiger partial charge in [-0.05, 0) is 36.4 Å².